The molecule has 1 aliphatic carbocycles. The van der Waals surface area contributed by atoms with Gasteiger partial charge in [0.15, 0.2) is 0 Å². The van der Waals surface area contributed by atoms with Gasteiger partial charge in [-0.05, 0) is 48.9 Å². The van der Waals surface area contributed by atoms with Crippen molar-refractivity contribution in [2.24, 2.45) is 0 Å². The van der Waals surface area contributed by atoms with Crippen LogP contribution in [0.4, 0.5) is 0 Å². The number of aromatic nitrogens is 2. The minimum atomic E-state index is -0.309. The van der Waals surface area contributed by atoms with Gasteiger partial charge in [0.1, 0.15) is 0 Å². The van der Waals surface area contributed by atoms with Crippen LogP contribution in [0, 0.1) is 0 Å². The summed E-state index contributed by atoms with van der Waals surface area (Å²) in [7, 11) is 0. The number of benzene rings is 1. The fourth-order valence-electron chi connectivity index (χ4n) is 3.89. The van der Waals surface area contributed by atoms with E-state index in [0.29, 0.717) is 6.42 Å². The predicted octanol–water partition coefficient (Wildman–Crippen LogP) is 2.70. The lowest BCUT2D eigenvalue weighted by atomic mass is 9.86. The van der Waals surface area contributed by atoms with Gasteiger partial charge in [-0.1, -0.05) is 24.3 Å². The lowest BCUT2D eigenvalue weighted by molar-refractivity contribution is -0.124. The van der Waals surface area contributed by atoms with Gasteiger partial charge in [-0.3, -0.25) is 9.78 Å². The predicted molar refractivity (Wildman–Crippen MR) is 101 cm³/mol. The van der Waals surface area contributed by atoms with E-state index in [1.165, 1.54) is 0 Å². The molecular formula is C21H23N3O2. The summed E-state index contributed by atoms with van der Waals surface area (Å²) < 4.78 is 0. The Morgan fingerprint density at radius 1 is 1.31 bits per heavy atom. The molecule has 0 fully saturated rings. The number of pyridine rings is 1. The number of H-pyrrole nitrogens is 1. The Morgan fingerprint density at radius 3 is 3.08 bits per heavy atom. The fraction of sp³-hybridized carbons (Fsp3) is 0.333. The molecule has 1 amide bonds. The monoisotopic (exact) mass is 349 g/mol. The quantitative estimate of drug-likeness (QED) is 0.663. The van der Waals surface area contributed by atoms with E-state index in [4.69, 9.17) is 0 Å². The van der Waals surface area contributed by atoms with Crippen molar-refractivity contribution in [3.8, 4) is 0 Å². The van der Waals surface area contributed by atoms with Crippen LogP contribution >= 0.6 is 0 Å². The van der Waals surface area contributed by atoms with Crippen LogP contribution < -0.4 is 5.32 Å². The number of carbonyl (C=O) groups is 1. The first-order valence-corrected chi connectivity index (χ1v) is 9.16. The highest BCUT2D eigenvalue weighted by molar-refractivity contribution is 5.85. The Labute approximate surface area is 152 Å². The molecule has 26 heavy (non-hydrogen) atoms. The van der Waals surface area contributed by atoms with E-state index < -0.39 is 0 Å². The topological polar surface area (TPSA) is 78.0 Å². The lowest BCUT2D eigenvalue weighted by Crippen LogP contribution is -2.42. The SMILES string of the molecule is O=C(NC(CO)Cc1c[nH]c2ccccc12)C1CCCc2cccnc21. The zero-order chi connectivity index (χ0) is 17.9. The maximum absolute atomic E-state index is 12.9. The number of hydrogen-bond acceptors (Lipinski definition) is 3. The second kappa shape index (κ2) is 7.30. The molecule has 0 saturated carbocycles. The number of nitrogens with zero attached hydrogens (tertiary/aromatic N) is 1. The minimum absolute atomic E-state index is 0.0384. The molecular weight excluding hydrogens is 326 g/mol. The van der Waals surface area contributed by atoms with Gasteiger partial charge in [-0.2, -0.15) is 0 Å². The van der Waals surface area contributed by atoms with Crippen LogP contribution in [0.3, 0.4) is 0 Å². The van der Waals surface area contributed by atoms with E-state index >= 15 is 0 Å². The van der Waals surface area contributed by atoms with Gasteiger partial charge in [0.05, 0.1) is 24.3 Å². The number of aliphatic hydroxyl groups is 1. The van der Waals surface area contributed by atoms with Gasteiger partial charge in [-0.15, -0.1) is 0 Å². The molecule has 4 rings (SSSR count). The smallest absolute Gasteiger partial charge is 0.229 e. The maximum atomic E-state index is 12.9. The van der Waals surface area contributed by atoms with Crippen LogP contribution in [0.25, 0.3) is 10.9 Å². The van der Waals surface area contributed by atoms with Crippen molar-refractivity contribution in [3.05, 3.63) is 65.6 Å². The second-order valence-corrected chi connectivity index (χ2v) is 6.94. The normalized spacial score (nSPS) is 17.7. The van der Waals surface area contributed by atoms with Crippen LogP contribution in [-0.4, -0.2) is 33.6 Å². The van der Waals surface area contributed by atoms with Crippen LogP contribution in [-0.2, 0) is 17.6 Å². The molecule has 1 aromatic carbocycles. The summed E-state index contributed by atoms with van der Waals surface area (Å²) in [6.45, 7) is -0.0902. The van der Waals surface area contributed by atoms with Crippen molar-refractivity contribution in [2.75, 3.05) is 6.61 Å². The molecule has 5 heteroatoms. The van der Waals surface area contributed by atoms with Crippen LogP contribution in [0.5, 0.6) is 0 Å². The van der Waals surface area contributed by atoms with E-state index in [1.807, 2.05) is 30.5 Å². The first-order valence-electron chi connectivity index (χ1n) is 9.16. The highest BCUT2D eigenvalue weighted by atomic mass is 16.3. The molecule has 2 aromatic heterocycles. The standard InChI is InChI=1S/C21H23N3O2/c25-13-16(11-15-12-23-19-9-2-1-7-17(15)19)24-21(26)18-8-3-5-14-6-4-10-22-20(14)18/h1-2,4,6-7,9-10,12,16,18,23,25H,3,5,8,11,13H2,(H,24,26). The zero-order valence-corrected chi connectivity index (χ0v) is 14.6. The molecule has 5 nitrogen and oxygen atoms in total. The number of amides is 1. The molecule has 0 radical (unpaired) electrons. The van der Waals surface area contributed by atoms with Crippen molar-refractivity contribution >= 4 is 16.8 Å². The molecule has 3 aromatic rings. The third-order valence-corrected chi connectivity index (χ3v) is 5.22. The number of fused-ring (bicyclic) bond motifs is 2. The zero-order valence-electron chi connectivity index (χ0n) is 14.6. The minimum Gasteiger partial charge on any atom is -0.394 e. The van der Waals surface area contributed by atoms with Gasteiger partial charge < -0.3 is 15.4 Å². The third-order valence-electron chi connectivity index (χ3n) is 5.22. The molecule has 0 bridgehead atoms. The molecule has 0 aliphatic heterocycles. The van der Waals surface area contributed by atoms with Crippen LogP contribution in [0.15, 0.2) is 48.8 Å². The molecule has 134 valence electrons. The van der Waals surface area contributed by atoms with Crippen molar-refractivity contribution in [2.45, 2.75) is 37.6 Å². The number of aliphatic hydroxyl groups excluding tert-OH is 1. The van der Waals surface area contributed by atoms with E-state index in [0.717, 1.165) is 47.0 Å². The summed E-state index contributed by atoms with van der Waals surface area (Å²) in [4.78, 5) is 20.5. The first kappa shape index (κ1) is 16.8. The van der Waals surface area contributed by atoms with Crippen molar-refractivity contribution in [1.82, 2.24) is 15.3 Å². The number of para-hydroxylation sites is 1. The van der Waals surface area contributed by atoms with E-state index in [9.17, 15) is 9.90 Å². The molecule has 0 spiro atoms. The molecule has 2 unspecified atom stereocenters. The highest BCUT2D eigenvalue weighted by Gasteiger charge is 2.29. The van der Waals surface area contributed by atoms with E-state index in [1.54, 1.807) is 6.20 Å². The average molecular weight is 349 g/mol. The Hall–Kier alpha value is -2.66. The van der Waals surface area contributed by atoms with Crippen molar-refractivity contribution in [3.63, 3.8) is 0 Å². The van der Waals surface area contributed by atoms with Gasteiger partial charge in [0.2, 0.25) is 5.91 Å². The highest BCUT2D eigenvalue weighted by Crippen LogP contribution is 2.30. The number of carbonyl (C=O) groups excluding carboxylic acids is 1. The summed E-state index contributed by atoms with van der Waals surface area (Å²) in [6.07, 6.45) is 7.07. The number of aromatic amines is 1. The fourth-order valence-corrected chi connectivity index (χ4v) is 3.89. The number of nitrogens with one attached hydrogen (secondary N) is 2. The Balaban J connectivity index is 1.49. The maximum Gasteiger partial charge on any atom is 0.229 e. The molecule has 0 saturated heterocycles. The summed E-state index contributed by atoms with van der Waals surface area (Å²) >= 11 is 0. The molecule has 1 aliphatic rings. The second-order valence-electron chi connectivity index (χ2n) is 6.94. The third kappa shape index (κ3) is 3.22. The summed E-state index contributed by atoms with van der Waals surface area (Å²) in [6, 6.07) is 11.7. The molecule has 2 atom stereocenters. The van der Waals surface area contributed by atoms with E-state index in [-0.39, 0.29) is 24.5 Å². The van der Waals surface area contributed by atoms with Crippen molar-refractivity contribution in [1.29, 1.82) is 0 Å². The number of rotatable bonds is 5. The average Bonchev–Trinajstić information content (AvgIpc) is 3.10. The van der Waals surface area contributed by atoms with Gasteiger partial charge in [0, 0.05) is 23.3 Å². The van der Waals surface area contributed by atoms with Gasteiger partial charge in [-0.25, -0.2) is 0 Å². The van der Waals surface area contributed by atoms with E-state index in [2.05, 4.69) is 27.4 Å². The van der Waals surface area contributed by atoms with Crippen molar-refractivity contribution < 1.29 is 9.90 Å². The first-order chi connectivity index (χ1) is 12.8. The molecule has 2 heterocycles. The van der Waals surface area contributed by atoms with Crippen LogP contribution in [0.2, 0.25) is 0 Å². The van der Waals surface area contributed by atoms with Crippen LogP contribution in [0.1, 0.15) is 35.6 Å². The number of hydrogen-bond donors (Lipinski definition) is 3. The largest absolute Gasteiger partial charge is 0.394 e. The summed E-state index contributed by atoms with van der Waals surface area (Å²) in [5, 5.41) is 14.0. The lowest BCUT2D eigenvalue weighted by Gasteiger charge is -2.25. The van der Waals surface area contributed by atoms with Gasteiger partial charge in [0.25, 0.3) is 0 Å². The number of aryl methyl sites for hydroxylation is 1. The summed E-state index contributed by atoms with van der Waals surface area (Å²) in [5.74, 6) is -0.263. The Morgan fingerprint density at radius 2 is 2.19 bits per heavy atom. The Bertz CT molecular complexity index is 918. The Kier molecular flexibility index (Phi) is 4.71. The molecule has 3 N–H and O–H groups in total. The van der Waals surface area contributed by atoms with Gasteiger partial charge >= 0.3 is 0 Å². The summed E-state index contributed by atoms with van der Waals surface area (Å²) in [5.41, 5.74) is 4.22.